The smallest absolute Gasteiger partial charge is 0.404 e. The van der Waals surface area contributed by atoms with E-state index >= 15 is 0 Å². The van der Waals surface area contributed by atoms with Crippen LogP contribution >= 0.6 is 11.3 Å². The fourth-order valence-electron chi connectivity index (χ4n) is 2.63. The summed E-state index contributed by atoms with van der Waals surface area (Å²) in [7, 11) is 0. The lowest BCUT2D eigenvalue weighted by Crippen LogP contribution is -2.39. The second-order valence-corrected chi connectivity index (χ2v) is 6.32. The summed E-state index contributed by atoms with van der Waals surface area (Å²) < 4.78 is 10.3. The number of primary amides is 1. The molecule has 0 bridgehead atoms. The van der Waals surface area contributed by atoms with Crippen molar-refractivity contribution in [1.82, 2.24) is 5.32 Å². The molecule has 2 aliphatic rings. The number of thiophene rings is 1. The number of amides is 2. The Morgan fingerprint density at radius 1 is 1.38 bits per heavy atom. The van der Waals surface area contributed by atoms with Gasteiger partial charge in [0, 0.05) is 30.1 Å². The average Bonchev–Trinajstić information content (AvgIpc) is 3.02. The van der Waals surface area contributed by atoms with E-state index in [1.807, 2.05) is 11.4 Å². The maximum absolute atomic E-state index is 12.4. The standard InChI is InChI=1S/C14H18N2O4S/c15-14(18)20-11-7-10(11)12-9(3-6-21-12)13(17)16-8-1-4-19-5-2-8/h3,6,8,10-11H,1-2,4-5,7H2,(H2,15,18)(H,16,17). The van der Waals surface area contributed by atoms with Crippen LogP contribution in [-0.2, 0) is 9.47 Å². The third-order valence-corrected chi connectivity index (χ3v) is 4.88. The van der Waals surface area contributed by atoms with Gasteiger partial charge in [0.2, 0.25) is 0 Å². The van der Waals surface area contributed by atoms with Crippen molar-refractivity contribution < 1.29 is 19.1 Å². The highest BCUT2D eigenvalue weighted by molar-refractivity contribution is 7.10. The zero-order valence-electron chi connectivity index (χ0n) is 11.5. The van der Waals surface area contributed by atoms with Gasteiger partial charge >= 0.3 is 6.09 Å². The molecule has 0 radical (unpaired) electrons. The highest BCUT2D eigenvalue weighted by Crippen LogP contribution is 2.46. The van der Waals surface area contributed by atoms with E-state index in [-0.39, 0.29) is 24.0 Å². The van der Waals surface area contributed by atoms with Crippen molar-refractivity contribution in [1.29, 1.82) is 0 Å². The molecule has 1 saturated heterocycles. The minimum Gasteiger partial charge on any atom is -0.446 e. The number of rotatable bonds is 4. The first-order valence-electron chi connectivity index (χ1n) is 7.07. The minimum absolute atomic E-state index is 0.0529. The van der Waals surface area contributed by atoms with Crippen LogP contribution in [0.2, 0.25) is 0 Å². The van der Waals surface area contributed by atoms with E-state index in [0.717, 1.165) is 24.1 Å². The summed E-state index contributed by atoms with van der Waals surface area (Å²) in [4.78, 5) is 24.1. The lowest BCUT2D eigenvalue weighted by atomic mass is 10.1. The van der Waals surface area contributed by atoms with Gasteiger partial charge in [0.25, 0.3) is 5.91 Å². The van der Waals surface area contributed by atoms with E-state index in [1.54, 1.807) is 0 Å². The van der Waals surface area contributed by atoms with Gasteiger partial charge in [0.15, 0.2) is 0 Å². The maximum Gasteiger partial charge on any atom is 0.404 e. The van der Waals surface area contributed by atoms with Crippen LogP contribution < -0.4 is 11.1 Å². The molecule has 2 atom stereocenters. The van der Waals surface area contributed by atoms with Gasteiger partial charge in [-0.15, -0.1) is 11.3 Å². The quantitative estimate of drug-likeness (QED) is 0.884. The summed E-state index contributed by atoms with van der Waals surface area (Å²) in [5.41, 5.74) is 5.71. The molecule has 1 aliphatic carbocycles. The van der Waals surface area contributed by atoms with Crippen LogP contribution in [0.3, 0.4) is 0 Å². The van der Waals surface area contributed by atoms with Crippen molar-refractivity contribution >= 4 is 23.3 Å². The number of nitrogens with one attached hydrogen (secondary N) is 1. The van der Waals surface area contributed by atoms with Crippen LogP contribution in [0.4, 0.5) is 4.79 Å². The van der Waals surface area contributed by atoms with Crippen LogP contribution in [0, 0.1) is 0 Å². The Hall–Kier alpha value is -1.60. The molecule has 114 valence electrons. The molecule has 7 heteroatoms. The van der Waals surface area contributed by atoms with E-state index in [9.17, 15) is 9.59 Å². The Morgan fingerprint density at radius 3 is 2.86 bits per heavy atom. The Labute approximate surface area is 126 Å². The maximum atomic E-state index is 12.4. The normalized spacial score (nSPS) is 25.3. The molecule has 3 rings (SSSR count). The lowest BCUT2D eigenvalue weighted by Gasteiger charge is -2.23. The molecule has 1 aromatic heterocycles. The summed E-state index contributed by atoms with van der Waals surface area (Å²) in [6, 6.07) is 2.00. The lowest BCUT2D eigenvalue weighted by molar-refractivity contribution is 0.0696. The van der Waals surface area contributed by atoms with E-state index in [0.29, 0.717) is 18.8 Å². The second kappa shape index (κ2) is 6.03. The first-order chi connectivity index (χ1) is 10.1. The van der Waals surface area contributed by atoms with Crippen molar-refractivity contribution in [2.45, 2.75) is 37.3 Å². The molecule has 3 N–H and O–H groups in total. The van der Waals surface area contributed by atoms with Crippen LogP contribution in [0.25, 0.3) is 0 Å². The molecule has 2 heterocycles. The predicted molar refractivity (Wildman–Crippen MR) is 77.4 cm³/mol. The van der Waals surface area contributed by atoms with E-state index < -0.39 is 6.09 Å². The van der Waals surface area contributed by atoms with Gasteiger partial charge in [-0.05, 0) is 30.7 Å². The molecule has 2 unspecified atom stereocenters. The number of hydrogen-bond acceptors (Lipinski definition) is 5. The van der Waals surface area contributed by atoms with Gasteiger partial charge in [-0.2, -0.15) is 0 Å². The van der Waals surface area contributed by atoms with Crippen LogP contribution in [0.1, 0.15) is 40.4 Å². The van der Waals surface area contributed by atoms with Gasteiger partial charge in [-0.25, -0.2) is 4.79 Å². The number of ether oxygens (including phenoxy) is 2. The van der Waals surface area contributed by atoms with Crippen molar-refractivity contribution in [3.05, 3.63) is 21.9 Å². The van der Waals surface area contributed by atoms with Gasteiger partial charge < -0.3 is 20.5 Å². The Kier molecular flexibility index (Phi) is 4.12. The average molecular weight is 310 g/mol. The Bertz CT molecular complexity index is 539. The van der Waals surface area contributed by atoms with Gasteiger partial charge in [-0.1, -0.05) is 0 Å². The van der Waals surface area contributed by atoms with Crippen molar-refractivity contribution in [2.75, 3.05) is 13.2 Å². The third kappa shape index (κ3) is 3.36. The third-order valence-electron chi connectivity index (χ3n) is 3.83. The molecule has 2 amide bonds. The first kappa shape index (κ1) is 14.3. The first-order valence-corrected chi connectivity index (χ1v) is 7.95. The molecule has 2 fully saturated rings. The monoisotopic (exact) mass is 310 g/mol. The van der Waals surface area contributed by atoms with Gasteiger partial charge in [0.05, 0.1) is 5.56 Å². The molecule has 0 aromatic carbocycles. The number of carbonyl (C=O) groups excluding carboxylic acids is 2. The minimum atomic E-state index is -0.757. The number of carbonyl (C=O) groups is 2. The molecular formula is C14H18N2O4S. The second-order valence-electron chi connectivity index (χ2n) is 5.38. The zero-order valence-corrected chi connectivity index (χ0v) is 12.4. The molecule has 6 nitrogen and oxygen atoms in total. The van der Waals surface area contributed by atoms with Crippen molar-refractivity contribution in [3.8, 4) is 0 Å². The Morgan fingerprint density at radius 2 is 2.14 bits per heavy atom. The van der Waals surface area contributed by atoms with Crippen LogP contribution in [0.15, 0.2) is 11.4 Å². The Balaban J connectivity index is 1.62. The molecule has 1 saturated carbocycles. The zero-order chi connectivity index (χ0) is 14.8. The molecule has 21 heavy (non-hydrogen) atoms. The molecule has 1 aromatic rings. The summed E-state index contributed by atoms with van der Waals surface area (Å²) in [5, 5.41) is 4.95. The highest BCUT2D eigenvalue weighted by Gasteiger charge is 2.44. The van der Waals surface area contributed by atoms with Crippen molar-refractivity contribution in [2.24, 2.45) is 5.73 Å². The number of hydrogen-bond donors (Lipinski definition) is 2. The summed E-state index contributed by atoms with van der Waals surface area (Å²) in [6.45, 7) is 1.39. The molecule has 0 spiro atoms. The fourth-order valence-corrected chi connectivity index (χ4v) is 3.69. The topological polar surface area (TPSA) is 90.7 Å². The largest absolute Gasteiger partial charge is 0.446 e. The molecular weight excluding hydrogens is 292 g/mol. The predicted octanol–water partition coefficient (Wildman–Crippen LogP) is 1.61. The van der Waals surface area contributed by atoms with Crippen LogP contribution in [-0.4, -0.2) is 37.4 Å². The number of nitrogens with two attached hydrogens (primary N) is 1. The van der Waals surface area contributed by atoms with E-state index in [4.69, 9.17) is 15.2 Å². The van der Waals surface area contributed by atoms with Crippen LogP contribution in [0.5, 0.6) is 0 Å². The SMILES string of the molecule is NC(=O)OC1CC1c1sccc1C(=O)NC1CCOCC1. The van der Waals surface area contributed by atoms with Gasteiger partial charge in [0.1, 0.15) is 6.10 Å². The summed E-state index contributed by atoms with van der Waals surface area (Å²) in [5.74, 6) is 0.0517. The summed E-state index contributed by atoms with van der Waals surface area (Å²) in [6.07, 6.45) is 1.49. The van der Waals surface area contributed by atoms with Gasteiger partial charge in [-0.3, -0.25) is 4.79 Å². The highest BCUT2D eigenvalue weighted by atomic mass is 32.1. The molecule has 1 aliphatic heterocycles. The van der Waals surface area contributed by atoms with E-state index in [1.165, 1.54) is 11.3 Å². The summed E-state index contributed by atoms with van der Waals surface area (Å²) >= 11 is 1.52. The fraction of sp³-hybridized carbons (Fsp3) is 0.571. The van der Waals surface area contributed by atoms with Crippen molar-refractivity contribution in [3.63, 3.8) is 0 Å². The van der Waals surface area contributed by atoms with E-state index in [2.05, 4.69) is 5.32 Å².